The first kappa shape index (κ1) is 23.0. The molecule has 0 atom stereocenters. The van der Waals surface area contributed by atoms with Gasteiger partial charge in [0.1, 0.15) is 0 Å². The Hall–Kier alpha value is -2.27. The second-order valence-corrected chi connectivity index (χ2v) is 8.53. The van der Waals surface area contributed by atoms with Crippen LogP contribution in [0.25, 0.3) is 0 Å². The molecular formula is C23H32ClN3O2. The Bertz CT molecular complexity index is 829. The Balaban J connectivity index is 2.19. The first-order valence-electron chi connectivity index (χ1n) is 10.1. The van der Waals surface area contributed by atoms with Crippen LogP contribution in [0.5, 0.6) is 0 Å². The molecular weight excluding hydrogens is 386 g/mol. The van der Waals surface area contributed by atoms with E-state index in [2.05, 4.69) is 18.4 Å². The predicted molar refractivity (Wildman–Crippen MR) is 118 cm³/mol. The highest BCUT2D eigenvalue weighted by molar-refractivity contribution is 6.31. The summed E-state index contributed by atoms with van der Waals surface area (Å²) in [5.41, 5.74) is 2.08. The molecule has 0 radical (unpaired) electrons. The fourth-order valence-electron chi connectivity index (χ4n) is 3.35. The quantitative estimate of drug-likeness (QED) is 0.605. The molecule has 0 spiro atoms. The molecule has 2 amide bonds. The van der Waals surface area contributed by atoms with Crippen molar-refractivity contribution in [3.05, 3.63) is 58.9 Å². The summed E-state index contributed by atoms with van der Waals surface area (Å²) in [6.45, 7) is 11.4. The molecule has 0 saturated heterocycles. The van der Waals surface area contributed by atoms with Crippen molar-refractivity contribution < 1.29 is 9.59 Å². The minimum absolute atomic E-state index is 0.0126. The van der Waals surface area contributed by atoms with Crippen LogP contribution < -0.4 is 0 Å². The third-order valence-corrected chi connectivity index (χ3v) is 5.22. The SMILES string of the molecule is CC(=O)N(CC(=O)N(Cc1cccn1Cc1ccccc1Cl)CC(C)C)C(C)C. The summed E-state index contributed by atoms with van der Waals surface area (Å²) in [5.74, 6) is 0.212. The smallest absolute Gasteiger partial charge is 0.242 e. The lowest BCUT2D eigenvalue weighted by molar-refractivity contribution is -0.141. The summed E-state index contributed by atoms with van der Waals surface area (Å²) in [4.78, 5) is 28.4. The number of aromatic nitrogens is 1. The number of hydrogen-bond donors (Lipinski definition) is 0. The van der Waals surface area contributed by atoms with Gasteiger partial charge in [0, 0.05) is 43.0 Å². The van der Waals surface area contributed by atoms with E-state index in [1.54, 1.807) is 4.90 Å². The lowest BCUT2D eigenvalue weighted by Crippen LogP contribution is -2.45. The lowest BCUT2D eigenvalue weighted by atomic mass is 10.2. The third-order valence-electron chi connectivity index (χ3n) is 4.85. The van der Waals surface area contributed by atoms with Crippen molar-refractivity contribution in [3.8, 4) is 0 Å². The molecule has 5 nitrogen and oxygen atoms in total. The zero-order valence-electron chi connectivity index (χ0n) is 18.1. The van der Waals surface area contributed by atoms with Gasteiger partial charge < -0.3 is 14.4 Å². The van der Waals surface area contributed by atoms with Gasteiger partial charge in [0.2, 0.25) is 11.8 Å². The van der Waals surface area contributed by atoms with Gasteiger partial charge in [-0.05, 0) is 43.5 Å². The Morgan fingerprint density at radius 2 is 1.76 bits per heavy atom. The van der Waals surface area contributed by atoms with Crippen molar-refractivity contribution in [1.29, 1.82) is 0 Å². The predicted octanol–water partition coefficient (Wildman–Crippen LogP) is 4.43. The molecule has 0 N–H and O–H groups in total. The molecule has 6 heteroatoms. The number of amides is 2. The van der Waals surface area contributed by atoms with Crippen molar-refractivity contribution in [2.24, 2.45) is 5.92 Å². The highest BCUT2D eigenvalue weighted by atomic mass is 35.5. The van der Waals surface area contributed by atoms with E-state index in [1.165, 1.54) is 6.92 Å². The molecule has 0 unspecified atom stereocenters. The number of halogens is 1. The van der Waals surface area contributed by atoms with Gasteiger partial charge in [-0.2, -0.15) is 0 Å². The van der Waals surface area contributed by atoms with Gasteiger partial charge >= 0.3 is 0 Å². The zero-order chi connectivity index (χ0) is 21.6. The molecule has 0 aliphatic heterocycles. The molecule has 0 aliphatic carbocycles. The number of carbonyl (C=O) groups excluding carboxylic acids is 2. The molecule has 1 heterocycles. The maximum atomic E-state index is 13.0. The summed E-state index contributed by atoms with van der Waals surface area (Å²) in [5, 5.41) is 0.733. The van der Waals surface area contributed by atoms with E-state index < -0.39 is 0 Å². The van der Waals surface area contributed by atoms with E-state index in [4.69, 9.17) is 11.6 Å². The van der Waals surface area contributed by atoms with E-state index in [0.717, 1.165) is 16.3 Å². The molecule has 1 aromatic carbocycles. The number of carbonyl (C=O) groups is 2. The number of rotatable bonds is 9. The lowest BCUT2D eigenvalue weighted by Gasteiger charge is -2.30. The number of hydrogen-bond acceptors (Lipinski definition) is 2. The Labute approximate surface area is 179 Å². The summed E-state index contributed by atoms with van der Waals surface area (Å²) in [7, 11) is 0. The Morgan fingerprint density at radius 3 is 2.34 bits per heavy atom. The Kier molecular flexibility index (Phi) is 8.32. The van der Waals surface area contributed by atoms with Gasteiger partial charge in [0.05, 0.1) is 13.1 Å². The van der Waals surface area contributed by atoms with Crippen molar-refractivity contribution in [3.63, 3.8) is 0 Å². The molecule has 1 aromatic heterocycles. The van der Waals surface area contributed by atoms with Gasteiger partial charge in [-0.25, -0.2) is 0 Å². The minimum atomic E-state index is -0.0834. The van der Waals surface area contributed by atoms with Gasteiger partial charge in [0.25, 0.3) is 0 Å². The van der Waals surface area contributed by atoms with Crippen LogP contribution in [0.15, 0.2) is 42.6 Å². The first-order valence-corrected chi connectivity index (χ1v) is 10.5. The van der Waals surface area contributed by atoms with Gasteiger partial charge in [0.15, 0.2) is 0 Å². The van der Waals surface area contributed by atoms with E-state index in [9.17, 15) is 9.59 Å². The normalized spacial score (nSPS) is 11.2. The molecule has 2 rings (SSSR count). The average molecular weight is 418 g/mol. The maximum Gasteiger partial charge on any atom is 0.242 e. The summed E-state index contributed by atoms with van der Waals surface area (Å²) in [6, 6.07) is 11.8. The van der Waals surface area contributed by atoms with E-state index in [1.807, 2.05) is 61.3 Å². The molecule has 0 bridgehead atoms. The van der Waals surface area contributed by atoms with Crippen LogP contribution in [0.1, 0.15) is 45.9 Å². The van der Waals surface area contributed by atoms with E-state index >= 15 is 0 Å². The van der Waals surface area contributed by atoms with Crippen molar-refractivity contribution >= 4 is 23.4 Å². The Morgan fingerprint density at radius 1 is 1.07 bits per heavy atom. The fourth-order valence-corrected chi connectivity index (χ4v) is 3.55. The van der Waals surface area contributed by atoms with Gasteiger partial charge in [-0.1, -0.05) is 43.6 Å². The standard InChI is InChI=1S/C23H32ClN3O2/c1-17(2)13-26(23(29)16-27(18(3)4)19(5)28)15-21-10-8-12-25(21)14-20-9-6-7-11-22(20)24/h6-12,17-18H,13-16H2,1-5H3. The van der Waals surface area contributed by atoms with Gasteiger partial charge in [-0.3, -0.25) is 9.59 Å². The van der Waals surface area contributed by atoms with Crippen LogP contribution in [0, 0.1) is 5.92 Å². The van der Waals surface area contributed by atoms with Crippen LogP contribution in [0.3, 0.4) is 0 Å². The van der Waals surface area contributed by atoms with Crippen LogP contribution in [0.2, 0.25) is 5.02 Å². The molecule has 158 valence electrons. The molecule has 29 heavy (non-hydrogen) atoms. The highest BCUT2D eigenvalue weighted by Crippen LogP contribution is 2.18. The average Bonchev–Trinajstić information content (AvgIpc) is 3.06. The van der Waals surface area contributed by atoms with Crippen LogP contribution >= 0.6 is 11.6 Å². The van der Waals surface area contributed by atoms with Crippen molar-refractivity contribution in [1.82, 2.24) is 14.4 Å². The largest absolute Gasteiger partial charge is 0.345 e. The van der Waals surface area contributed by atoms with Crippen LogP contribution in [-0.2, 0) is 22.7 Å². The maximum absolute atomic E-state index is 13.0. The monoisotopic (exact) mass is 417 g/mol. The van der Waals surface area contributed by atoms with Crippen molar-refractivity contribution in [2.45, 2.75) is 53.8 Å². The third kappa shape index (κ3) is 6.64. The summed E-state index contributed by atoms with van der Waals surface area (Å²) in [6.07, 6.45) is 2.01. The second kappa shape index (κ2) is 10.5. The topological polar surface area (TPSA) is 45.6 Å². The number of benzene rings is 1. The van der Waals surface area contributed by atoms with Crippen LogP contribution in [-0.4, -0.2) is 45.3 Å². The fraction of sp³-hybridized carbons (Fsp3) is 0.478. The zero-order valence-corrected chi connectivity index (χ0v) is 18.8. The van der Waals surface area contributed by atoms with E-state index in [-0.39, 0.29) is 24.4 Å². The number of nitrogens with zero attached hydrogens (tertiary/aromatic N) is 3. The minimum Gasteiger partial charge on any atom is -0.345 e. The van der Waals surface area contributed by atoms with Gasteiger partial charge in [-0.15, -0.1) is 0 Å². The molecule has 0 saturated carbocycles. The molecule has 0 aliphatic rings. The molecule has 0 fully saturated rings. The second-order valence-electron chi connectivity index (χ2n) is 8.13. The summed E-state index contributed by atoms with van der Waals surface area (Å²) >= 11 is 6.32. The summed E-state index contributed by atoms with van der Waals surface area (Å²) < 4.78 is 2.12. The van der Waals surface area contributed by atoms with E-state index in [0.29, 0.717) is 25.6 Å². The van der Waals surface area contributed by atoms with Crippen molar-refractivity contribution in [2.75, 3.05) is 13.1 Å². The highest BCUT2D eigenvalue weighted by Gasteiger charge is 2.22. The van der Waals surface area contributed by atoms with Crippen LogP contribution in [0.4, 0.5) is 0 Å². The molecule has 2 aromatic rings. The first-order chi connectivity index (χ1) is 13.7.